The molecule has 2 aromatic carbocycles. The van der Waals surface area contributed by atoms with Crippen molar-refractivity contribution < 1.29 is 9.53 Å². The molecule has 2 N–H and O–H groups in total. The summed E-state index contributed by atoms with van der Waals surface area (Å²) in [5.74, 6) is 1.41. The number of rotatable bonds is 5. The number of benzene rings is 2. The highest BCUT2D eigenvalue weighted by Crippen LogP contribution is 2.17. The van der Waals surface area contributed by atoms with Gasteiger partial charge >= 0.3 is 6.03 Å². The highest BCUT2D eigenvalue weighted by atomic mass is 16.5. The molecule has 30 heavy (non-hydrogen) atoms. The average molecular weight is 407 g/mol. The quantitative estimate of drug-likeness (QED) is 0.675. The second kappa shape index (κ2) is 8.96. The van der Waals surface area contributed by atoms with E-state index in [1.165, 1.54) is 0 Å². The maximum atomic E-state index is 12.5. The van der Waals surface area contributed by atoms with Gasteiger partial charge in [-0.3, -0.25) is 9.69 Å². The van der Waals surface area contributed by atoms with Crippen molar-refractivity contribution in [2.75, 3.05) is 33.3 Å². The van der Waals surface area contributed by atoms with Crippen molar-refractivity contribution in [2.45, 2.75) is 13.1 Å². The average Bonchev–Trinajstić information content (AvgIpc) is 2.78. The van der Waals surface area contributed by atoms with Gasteiger partial charge in [-0.15, -0.1) is 0 Å². The zero-order chi connectivity index (χ0) is 20.9. The highest BCUT2D eigenvalue weighted by Gasteiger charge is 2.21. The minimum absolute atomic E-state index is 0.0854. The van der Waals surface area contributed by atoms with E-state index in [1.807, 2.05) is 47.4 Å². The maximum absolute atomic E-state index is 12.5. The maximum Gasteiger partial charge on any atom is 0.317 e. The van der Waals surface area contributed by atoms with Gasteiger partial charge in [0, 0.05) is 38.3 Å². The number of H-pyrrole nitrogens is 1. The van der Waals surface area contributed by atoms with Crippen LogP contribution in [0.15, 0.2) is 53.3 Å². The van der Waals surface area contributed by atoms with Crippen molar-refractivity contribution in [2.24, 2.45) is 0 Å². The molecule has 2 amide bonds. The van der Waals surface area contributed by atoms with E-state index in [0.717, 1.165) is 24.4 Å². The molecule has 1 aliphatic heterocycles. The van der Waals surface area contributed by atoms with Crippen molar-refractivity contribution >= 4 is 16.9 Å². The molecule has 1 fully saturated rings. The third-order valence-electron chi connectivity index (χ3n) is 5.32. The van der Waals surface area contributed by atoms with Gasteiger partial charge in [0.1, 0.15) is 11.6 Å². The number of para-hydroxylation sites is 2. The largest absolute Gasteiger partial charge is 0.496 e. The molecule has 1 aliphatic rings. The van der Waals surface area contributed by atoms with Gasteiger partial charge in [-0.2, -0.15) is 0 Å². The Morgan fingerprint density at radius 1 is 1.10 bits per heavy atom. The van der Waals surface area contributed by atoms with Crippen LogP contribution in [-0.2, 0) is 13.1 Å². The Balaban J connectivity index is 1.30. The molecule has 1 aromatic heterocycles. The summed E-state index contributed by atoms with van der Waals surface area (Å²) < 4.78 is 5.33. The predicted octanol–water partition coefficient (Wildman–Crippen LogP) is 1.96. The lowest BCUT2D eigenvalue weighted by Crippen LogP contribution is -2.51. The lowest BCUT2D eigenvalue weighted by atomic mass is 10.2. The first kappa shape index (κ1) is 19.9. The number of ether oxygens (including phenoxy) is 1. The molecule has 4 rings (SSSR count). The summed E-state index contributed by atoms with van der Waals surface area (Å²) in [6.07, 6.45) is 0. The van der Waals surface area contributed by atoms with Crippen molar-refractivity contribution in [3.05, 3.63) is 70.3 Å². The van der Waals surface area contributed by atoms with Gasteiger partial charge in [-0.1, -0.05) is 30.3 Å². The van der Waals surface area contributed by atoms with Gasteiger partial charge in [0.2, 0.25) is 0 Å². The molecule has 0 saturated carbocycles. The van der Waals surface area contributed by atoms with Gasteiger partial charge in [0.25, 0.3) is 5.56 Å². The Labute approximate surface area is 174 Å². The van der Waals surface area contributed by atoms with Crippen LogP contribution in [0.1, 0.15) is 11.4 Å². The number of nitrogens with one attached hydrogen (secondary N) is 2. The van der Waals surface area contributed by atoms with Crippen LogP contribution < -0.4 is 15.6 Å². The number of carbonyl (C=O) groups excluding carboxylic acids is 1. The number of urea groups is 1. The Morgan fingerprint density at radius 2 is 1.83 bits per heavy atom. The standard InChI is InChI=1S/C22H25N5O3/c1-30-19-9-5-2-6-16(19)14-23-22(29)27-12-10-26(11-13-27)15-20-24-18-8-4-3-7-17(18)21(28)25-20/h2-9H,10-15H2,1H3,(H,23,29)(H,24,25,28). The lowest BCUT2D eigenvalue weighted by molar-refractivity contribution is 0.133. The molecule has 0 atom stereocenters. The minimum atomic E-state index is -0.120. The molecule has 0 unspecified atom stereocenters. The van der Waals surface area contributed by atoms with Crippen molar-refractivity contribution in [3.8, 4) is 5.75 Å². The fourth-order valence-electron chi connectivity index (χ4n) is 3.66. The van der Waals surface area contributed by atoms with Crippen LogP contribution in [0.3, 0.4) is 0 Å². The summed E-state index contributed by atoms with van der Waals surface area (Å²) in [5, 5.41) is 3.56. The van der Waals surface area contributed by atoms with Crippen LogP contribution >= 0.6 is 0 Å². The van der Waals surface area contributed by atoms with Gasteiger partial charge in [0.05, 0.1) is 24.6 Å². The minimum Gasteiger partial charge on any atom is -0.496 e. The fourth-order valence-corrected chi connectivity index (χ4v) is 3.66. The molecule has 0 aliphatic carbocycles. The first-order valence-electron chi connectivity index (χ1n) is 9.99. The second-order valence-electron chi connectivity index (χ2n) is 7.26. The SMILES string of the molecule is COc1ccccc1CNC(=O)N1CCN(Cc2nc3ccccc3c(=O)[nH]2)CC1. The highest BCUT2D eigenvalue weighted by molar-refractivity contribution is 5.77. The van der Waals surface area contributed by atoms with E-state index in [1.54, 1.807) is 13.2 Å². The first-order chi connectivity index (χ1) is 14.6. The van der Waals surface area contributed by atoms with Crippen LogP contribution in [0, 0.1) is 0 Å². The number of fused-ring (bicyclic) bond motifs is 1. The number of piperazine rings is 1. The van der Waals surface area contributed by atoms with Gasteiger partial charge in [-0.25, -0.2) is 9.78 Å². The fraction of sp³-hybridized carbons (Fsp3) is 0.318. The number of nitrogens with zero attached hydrogens (tertiary/aromatic N) is 3. The van der Waals surface area contributed by atoms with E-state index >= 15 is 0 Å². The monoisotopic (exact) mass is 407 g/mol. The molecular formula is C22H25N5O3. The van der Waals surface area contributed by atoms with Crippen molar-refractivity contribution in [3.63, 3.8) is 0 Å². The summed E-state index contributed by atoms with van der Waals surface area (Å²) in [6.45, 7) is 3.66. The summed E-state index contributed by atoms with van der Waals surface area (Å²) in [5.41, 5.74) is 1.52. The van der Waals surface area contributed by atoms with Crippen molar-refractivity contribution in [1.82, 2.24) is 25.1 Å². The Bertz CT molecular complexity index is 1090. The lowest BCUT2D eigenvalue weighted by Gasteiger charge is -2.34. The van der Waals surface area contributed by atoms with Crippen LogP contribution in [0.25, 0.3) is 10.9 Å². The molecule has 3 aromatic rings. The van der Waals surface area contributed by atoms with Gasteiger partial charge < -0.3 is 19.9 Å². The Kier molecular flexibility index (Phi) is 5.94. The second-order valence-corrected chi connectivity index (χ2v) is 7.26. The molecule has 0 radical (unpaired) electrons. The molecule has 8 heteroatoms. The molecule has 156 valence electrons. The Morgan fingerprint density at radius 3 is 2.63 bits per heavy atom. The number of amides is 2. The number of aromatic amines is 1. The Hall–Kier alpha value is -3.39. The summed E-state index contributed by atoms with van der Waals surface area (Å²) in [4.78, 5) is 36.2. The van der Waals surface area contributed by atoms with Crippen molar-refractivity contribution in [1.29, 1.82) is 0 Å². The van der Waals surface area contributed by atoms with Crippen LogP contribution in [0.5, 0.6) is 5.75 Å². The van der Waals surface area contributed by atoms with E-state index in [0.29, 0.717) is 42.9 Å². The third-order valence-corrected chi connectivity index (χ3v) is 5.32. The summed E-state index contributed by atoms with van der Waals surface area (Å²) in [6, 6.07) is 14.9. The van der Waals surface area contributed by atoms with Gasteiger partial charge in [-0.05, 0) is 18.2 Å². The summed E-state index contributed by atoms with van der Waals surface area (Å²) in [7, 11) is 1.62. The van der Waals surface area contributed by atoms with Crippen LogP contribution in [0.2, 0.25) is 0 Å². The third kappa shape index (κ3) is 4.44. The van der Waals surface area contributed by atoms with E-state index in [-0.39, 0.29) is 11.6 Å². The normalized spacial score (nSPS) is 14.6. The predicted molar refractivity (Wildman–Crippen MR) is 114 cm³/mol. The molecule has 1 saturated heterocycles. The topological polar surface area (TPSA) is 90.6 Å². The number of carbonyl (C=O) groups is 1. The van der Waals surface area contributed by atoms with Crippen LogP contribution in [-0.4, -0.2) is 59.1 Å². The first-order valence-corrected chi connectivity index (χ1v) is 9.99. The molecular weight excluding hydrogens is 382 g/mol. The van der Waals surface area contributed by atoms with E-state index < -0.39 is 0 Å². The molecule has 8 nitrogen and oxygen atoms in total. The summed E-state index contributed by atoms with van der Waals surface area (Å²) >= 11 is 0. The number of methoxy groups -OCH3 is 1. The van der Waals surface area contributed by atoms with E-state index in [9.17, 15) is 9.59 Å². The van der Waals surface area contributed by atoms with E-state index in [2.05, 4.69) is 20.2 Å². The number of hydrogen-bond donors (Lipinski definition) is 2. The number of aromatic nitrogens is 2. The number of hydrogen-bond acceptors (Lipinski definition) is 5. The molecule has 0 spiro atoms. The van der Waals surface area contributed by atoms with E-state index in [4.69, 9.17) is 4.74 Å². The molecule has 2 heterocycles. The smallest absolute Gasteiger partial charge is 0.317 e. The zero-order valence-corrected chi connectivity index (χ0v) is 16.9. The van der Waals surface area contributed by atoms with Crippen LogP contribution in [0.4, 0.5) is 4.79 Å². The van der Waals surface area contributed by atoms with Gasteiger partial charge in [0.15, 0.2) is 0 Å². The molecule has 0 bridgehead atoms. The zero-order valence-electron chi connectivity index (χ0n) is 16.9.